The Morgan fingerprint density at radius 1 is 1.40 bits per heavy atom. The summed E-state index contributed by atoms with van der Waals surface area (Å²) in [6.45, 7) is 0.0944. The summed E-state index contributed by atoms with van der Waals surface area (Å²) in [5.41, 5.74) is -0.633. The molecule has 0 spiro atoms. The van der Waals surface area contributed by atoms with Crippen molar-refractivity contribution in [1.82, 2.24) is 4.90 Å². The molecule has 1 aliphatic rings. The number of carbonyl (C=O) groups is 2. The van der Waals surface area contributed by atoms with Gasteiger partial charge in [-0.1, -0.05) is 18.2 Å². The third kappa shape index (κ3) is 2.48. The number of amides is 1. The van der Waals surface area contributed by atoms with Crippen LogP contribution in [0.2, 0.25) is 0 Å². The second-order valence-corrected chi connectivity index (χ2v) is 4.76. The van der Waals surface area contributed by atoms with Gasteiger partial charge in [-0.05, 0) is 11.6 Å². The molecule has 1 heterocycles. The fraction of sp³-hybridized carbons (Fsp3) is 0.385. The number of aliphatic carboxylic acids is 1. The van der Waals surface area contributed by atoms with Crippen molar-refractivity contribution in [2.45, 2.75) is 12.1 Å². The van der Waals surface area contributed by atoms with Crippen LogP contribution in [0.1, 0.15) is 17.0 Å². The van der Waals surface area contributed by atoms with Crippen molar-refractivity contribution < 1.29 is 27.9 Å². The number of nitrogens with zero attached hydrogens (tertiary/aromatic N) is 1. The molecule has 0 radical (unpaired) electrons. The smallest absolute Gasteiger partial charge is 0.416 e. The van der Waals surface area contributed by atoms with Crippen LogP contribution in [0.5, 0.6) is 0 Å². The molecule has 4 nitrogen and oxygen atoms in total. The third-order valence-corrected chi connectivity index (χ3v) is 3.42. The molecule has 20 heavy (non-hydrogen) atoms. The van der Waals surface area contributed by atoms with Crippen molar-refractivity contribution in [3.63, 3.8) is 0 Å². The summed E-state index contributed by atoms with van der Waals surface area (Å²) < 4.78 is 38.0. The van der Waals surface area contributed by atoms with Gasteiger partial charge in [0.1, 0.15) is 5.92 Å². The molecule has 2 atom stereocenters. The Bertz CT molecular complexity index is 556. The molecule has 1 fully saturated rings. The predicted octanol–water partition coefficient (Wildman–Crippen LogP) is 1.96. The van der Waals surface area contributed by atoms with Crippen LogP contribution in [0.3, 0.4) is 0 Å². The average molecular weight is 287 g/mol. The molecule has 0 unspecified atom stereocenters. The molecule has 2 rings (SSSR count). The van der Waals surface area contributed by atoms with Gasteiger partial charge in [0.25, 0.3) is 0 Å². The monoisotopic (exact) mass is 287 g/mol. The first-order valence-corrected chi connectivity index (χ1v) is 5.86. The molecule has 1 aliphatic heterocycles. The number of halogens is 3. The van der Waals surface area contributed by atoms with Crippen LogP contribution in [0.4, 0.5) is 13.2 Å². The van der Waals surface area contributed by atoms with Crippen LogP contribution in [0.25, 0.3) is 0 Å². The first-order valence-electron chi connectivity index (χ1n) is 5.86. The number of hydrogen-bond donors (Lipinski definition) is 1. The molecule has 1 N–H and O–H groups in total. The highest BCUT2D eigenvalue weighted by Gasteiger charge is 2.44. The lowest BCUT2D eigenvalue weighted by Gasteiger charge is -2.15. The molecule has 1 aromatic carbocycles. The largest absolute Gasteiger partial charge is 0.481 e. The zero-order valence-electron chi connectivity index (χ0n) is 10.5. The summed E-state index contributed by atoms with van der Waals surface area (Å²) in [5, 5.41) is 9.09. The van der Waals surface area contributed by atoms with Crippen LogP contribution in [-0.2, 0) is 15.8 Å². The van der Waals surface area contributed by atoms with Crippen molar-refractivity contribution in [1.29, 1.82) is 0 Å². The molecular formula is C13H12F3NO3. The van der Waals surface area contributed by atoms with Gasteiger partial charge in [-0.25, -0.2) is 0 Å². The van der Waals surface area contributed by atoms with Gasteiger partial charge in [0.2, 0.25) is 5.91 Å². The Balaban J connectivity index is 2.41. The van der Waals surface area contributed by atoms with Gasteiger partial charge in [-0.15, -0.1) is 0 Å². The molecule has 0 bridgehead atoms. The molecule has 108 valence electrons. The minimum atomic E-state index is -4.50. The molecular weight excluding hydrogens is 275 g/mol. The molecule has 0 aromatic heterocycles. The molecule has 7 heteroatoms. The maximum Gasteiger partial charge on any atom is 0.416 e. The number of carbonyl (C=O) groups excluding carboxylic acids is 1. The van der Waals surface area contributed by atoms with Crippen molar-refractivity contribution >= 4 is 11.9 Å². The zero-order chi connectivity index (χ0) is 15.1. The quantitative estimate of drug-likeness (QED) is 0.846. The number of rotatable bonds is 2. The fourth-order valence-corrected chi connectivity index (χ4v) is 2.42. The zero-order valence-corrected chi connectivity index (χ0v) is 10.5. The Morgan fingerprint density at radius 3 is 2.60 bits per heavy atom. The maximum atomic E-state index is 12.7. The summed E-state index contributed by atoms with van der Waals surface area (Å²) in [6, 6.07) is 4.47. The SMILES string of the molecule is CN1C[C@H](c2cccc(C(F)(F)F)c2)[C@H](C(=O)O)C1=O. The third-order valence-electron chi connectivity index (χ3n) is 3.42. The highest BCUT2D eigenvalue weighted by molar-refractivity contribution is 5.99. The number of benzene rings is 1. The molecule has 1 amide bonds. The van der Waals surface area contributed by atoms with E-state index in [0.29, 0.717) is 0 Å². The van der Waals surface area contributed by atoms with E-state index in [1.807, 2.05) is 0 Å². The topological polar surface area (TPSA) is 57.6 Å². The number of carboxylic acids is 1. The van der Waals surface area contributed by atoms with Gasteiger partial charge in [-0.3, -0.25) is 9.59 Å². The van der Waals surface area contributed by atoms with Crippen LogP contribution in [-0.4, -0.2) is 35.5 Å². The Labute approximate surface area is 112 Å². The van der Waals surface area contributed by atoms with Crippen molar-refractivity contribution in [3.8, 4) is 0 Å². The van der Waals surface area contributed by atoms with Gasteiger partial charge in [-0.2, -0.15) is 13.2 Å². The second-order valence-electron chi connectivity index (χ2n) is 4.76. The van der Waals surface area contributed by atoms with Crippen molar-refractivity contribution in [2.75, 3.05) is 13.6 Å². The van der Waals surface area contributed by atoms with E-state index in [0.717, 1.165) is 12.1 Å². The summed E-state index contributed by atoms with van der Waals surface area (Å²) in [6.07, 6.45) is -4.50. The number of likely N-dealkylation sites (tertiary alicyclic amines) is 1. The highest BCUT2D eigenvalue weighted by atomic mass is 19.4. The van der Waals surface area contributed by atoms with Crippen LogP contribution in [0, 0.1) is 5.92 Å². The predicted molar refractivity (Wildman–Crippen MR) is 62.9 cm³/mol. The van der Waals surface area contributed by atoms with Gasteiger partial charge in [0, 0.05) is 19.5 Å². The van der Waals surface area contributed by atoms with Gasteiger partial charge in [0.15, 0.2) is 0 Å². The van der Waals surface area contributed by atoms with E-state index >= 15 is 0 Å². The summed E-state index contributed by atoms with van der Waals surface area (Å²) in [4.78, 5) is 24.1. The lowest BCUT2D eigenvalue weighted by Crippen LogP contribution is -2.28. The van der Waals surface area contributed by atoms with Gasteiger partial charge in [0.05, 0.1) is 5.56 Å². The van der Waals surface area contributed by atoms with Crippen LogP contribution < -0.4 is 0 Å². The summed E-state index contributed by atoms with van der Waals surface area (Å²) >= 11 is 0. The number of likely N-dealkylation sites (N-methyl/N-ethyl adjacent to an activating group) is 1. The molecule has 1 aromatic rings. The van der Waals surface area contributed by atoms with E-state index in [-0.39, 0.29) is 12.1 Å². The van der Waals surface area contributed by atoms with E-state index in [2.05, 4.69) is 0 Å². The number of hydrogen-bond acceptors (Lipinski definition) is 2. The van der Waals surface area contributed by atoms with E-state index in [9.17, 15) is 22.8 Å². The molecule has 0 aliphatic carbocycles. The highest BCUT2D eigenvalue weighted by Crippen LogP contribution is 2.36. The van der Waals surface area contributed by atoms with Crippen LogP contribution in [0.15, 0.2) is 24.3 Å². The standard InChI is InChI=1S/C13H12F3NO3/c1-17-6-9(10(11(17)18)12(19)20)7-3-2-4-8(5-7)13(14,15)16/h2-5,9-10H,6H2,1H3,(H,19,20)/t9-,10+/m1/s1. The summed E-state index contributed by atoms with van der Waals surface area (Å²) in [5.74, 6) is -4.00. The first-order chi connectivity index (χ1) is 9.21. The van der Waals surface area contributed by atoms with E-state index in [1.54, 1.807) is 0 Å². The lowest BCUT2D eigenvalue weighted by atomic mass is 9.88. The Morgan fingerprint density at radius 2 is 2.05 bits per heavy atom. The first kappa shape index (κ1) is 14.4. The van der Waals surface area contributed by atoms with E-state index < -0.39 is 35.5 Å². The minimum Gasteiger partial charge on any atom is -0.481 e. The Kier molecular flexibility index (Phi) is 3.45. The van der Waals surface area contributed by atoms with Crippen molar-refractivity contribution in [2.24, 2.45) is 5.92 Å². The minimum absolute atomic E-state index is 0.0944. The number of carboxylic acid groups (broad SMARTS) is 1. The van der Waals surface area contributed by atoms with E-state index in [4.69, 9.17) is 5.11 Å². The van der Waals surface area contributed by atoms with Gasteiger partial charge < -0.3 is 10.0 Å². The maximum absolute atomic E-state index is 12.7. The van der Waals surface area contributed by atoms with E-state index in [1.165, 1.54) is 24.1 Å². The number of alkyl halides is 3. The fourth-order valence-electron chi connectivity index (χ4n) is 2.42. The van der Waals surface area contributed by atoms with Crippen LogP contribution >= 0.6 is 0 Å². The van der Waals surface area contributed by atoms with Crippen molar-refractivity contribution in [3.05, 3.63) is 35.4 Å². The lowest BCUT2D eigenvalue weighted by molar-refractivity contribution is -0.147. The van der Waals surface area contributed by atoms with Gasteiger partial charge >= 0.3 is 12.1 Å². The second kappa shape index (κ2) is 4.81. The normalized spacial score (nSPS) is 23.2. The average Bonchev–Trinajstić information content (AvgIpc) is 2.65. The molecule has 1 saturated heterocycles. The summed E-state index contributed by atoms with van der Waals surface area (Å²) in [7, 11) is 1.44. The molecule has 0 saturated carbocycles. The Hall–Kier alpha value is -2.05.